The Balaban J connectivity index is 1.92. The maximum Gasteiger partial charge on any atom is 0.417 e. The molecule has 0 radical (unpaired) electrons. The molecule has 5 heteroatoms. The summed E-state index contributed by atoms with van der Waals surface area (Å²) >= 11 is 1.19. The molecule has 1 heterocycles. The van der Waals surface area contributed by atoms with Crippen LogP contribution in [0.1, 0.15) is 18.1 Å². The minimum atomic E-state index is -4.36. The Labute approximate surface area is 153 Å². The van der Waals surface area contributed by atoms with Crippen LogP contribution in [0.2, 0.25) is 0 Å². The van der Waals surface area contributed by atoms with Crippen molar-refractivity contribution in [1.29, 1.82) is 0 Å². The van der Waals surface area contributed by atoms with Gasteiger partial charge in [-0.1, -0.05) is 49.4 Å². The maximum atomic E-state index is 13.4. The molecule has 0 amide bonds. The van der Waals surface area contributed by atoms with Crippen molar-refractivity contribution >= 4 is 42.9 Å². The first-order valence-corrected chi connectivity index (χ1v) is 9.17. The fourth-order valence-corrected chi connectivity index (χ4v) is 4.54. The minimum absolute atomic E-state index is 0.285. The molecular formula is C21H16F3NS. The smallest absolute Gasteiger partial charge is 0.354 e. The summed E-state index contributed by atoms with van der Waals surface area (Å²) in [7, 11) is 0. The monoisotopic (exact) mass is 371 g/mol. The van der Waals surface area contributed by atoms with Gasteiger partial charge in [0.2, 0.25) is 0 Å². The normalized spacial score (nSPS) is 12.0. The molecule has 0 atom stereocenters. The third-order valence-electron chi connectivity index (χ3n) is 4.50. The Morgan fingerprint density at radius 1 is 0.808 bits per heavy atom. The van der Waals surface area contributed by atoms with Gasteiger partial charge in [-0.2, -0.15) is 13.2 Å². The third kappa shape index (κ3) is 2.82. The number of thiophene rings is 1. The number of nitrogens with one attached hydrogen (secondary N) is 1. The van der Waals surface area contributed by atoms with Crippen LogP contribution in [0.4, 0.5) is 24.5 Å². The second-order valence-corrected chi connectivity index (χ2v) is 7.12. The van der Waals surface area contributed by atoms with Crippen LogP contribution in [-0.2, 0) is 12.6 Å². The highest BCUT2D eigenvalue weighted by Gasteiger charge is 2.33. The molecule has 0 bridgehead atoms. The number of para-hydroxylation sites is 1. The predicted octanol–water partition coefficient (Wildman–Crippen LogP) is 7.38. The fraction of sp³-hybridized carbons (Fsp3) is 0.143. The van der Waals surface area contributed by atoms with Crippen LogP contribution in [-0.4, -0.2) is 0 Å². The van der Waals surface area contributed by atoms with Crippen LogP contribution in [0.15, 0.2) is 60.7 Å². The van der Waals surface area contributed by atoms with E-state index in [0.29, 0.717) is 5.39 Å². The number of hydrogen-bond donors (Lipinski definition) is 1. The largest absolute Gasteiger partial charge is 0.417 e. The van der Waals surface area contributed by atoms with Crippen molar-refractivity contribution in [2.24, 2.45) is 0 Å². The summed E-state index contributed by atoms with van der Waals surface area (Å²) in [6, 6.07) is 18.0. The molecular weight excluding hydrogens is 355 g/mol. The Bertz CT molecular complexity index is 1100. The van der Waals surface area contributed by atoms with Crippen LogP contribution in [0.25, 0.3) is 20.2 Å². The van der Waals surface area contributed by atoms with E-state index in [1.54, 1.807) is 6.07 Å². The second-order valence-electron chi connectivity index (χ2n) is 6.10. The van der Waals surface area contributed by atoms with Crippen molar-refractivity contribution in [3.63, 3.8) is 0 Å². The zero-order valence-corrected chi connectivity index (χ0v) is 14.8. The average Bonchev–Trinajstić information content (AvgIpc) is 3.01. The summed E-state index contributed by atoms with van der Waals surface area (Å²) in [5.74, 6) is 0. The molecule has 132 valence electrons. The number of benzene rings is 3. The minimum Gasteiger partial charge on any atom is -0.354 e. The first-order chi connectivity index (χ1) is 12.5. The van der Waals surface area contributed by atoms with Gasteiger partial charge in [-0.25, -0.2) is 0 Å². The summed E-state index contributed by atoms with van der Waals surface area (Å²) < 4.78 is 41.3. The topological polar surface area (TPSA) is 12.0 Å². The van der Waals surface area contributed by atoms with Crippen LogP contribution in [0, 0.1) is 0 Å². The SMILES string of the molecule is CCc1ccccc1Nc1cccc2c1sc1c(C(F)(F)F)cccc12. The third-order valence-corrected chi connectivity index (χ3v) is 5.79. The Morgan fingerprint density at radius 3 is 2.19 bits per heavy atom. The van der Waals surface area contributed by atoms with Crippen LogP contribution < -0.4 is 5.32 Å². The van der Waals surface area contributed by atoms with E-state index >= 15 is 0 Å². The zero-order valence-electron chi connectivity index (χ0n) is 14.0. The number of anilines is 2. The molecule has 3 aromatic carbocycles. The summed E-state index contributed by atoms with van der Waals surface area (Å²) in [6.07, 6.45) is -3.48. The van der Waals surface area contributed by atoms with Gasteiger partial charge in [0.15, 0.2) is 0 Å². The molecule has 1 nitrogen and oxygen atoms in total. The number of fused-ring (bicyclic) bond motifs is 3. The van der Waals surface area contributed by atoms with E-state index < -0.39 is 11.7 Å². The number of hydrogen-bond acceptors (Lipinski definition) is 2. The van der Waals surface area contributed by atoms with Gasteiger partial charge in [-0.15, -0.1) is 11.3 Å². The molecule has 26 heavy (non-hydrogen) atoms. The molecule has 0 saturated carbocycles. The molecule has 1 aromatic heterocycles. The summed E-state index contributed by atoms with van der Waals surface area (Å²) in [4.78, 5) is 0. The van der Waals surface area contributed by atoms with Crippen molar-refractivity contribution < 1.29 is 13.2 Å². The Morgan fingerprint density at radius 2 is 1.46 bits per heavy atom. The molecule has 0 aliphatic heterocycles. The first kappa shape index (κ1) is 16.9. The predicted molar refractivity (Wildman–Crippen MR) is 103 cm³/mol. The fourth-order valence-electron chi connectivity index (χ4n) is 3.24. The Kier molecular flexibility index (Phi) is 4.11. The van der Waals surface area contributed by atoms with E-state index in [2.05, 4.69) is 18.3 Å². The lowest BCUT2D eigenvalue weighted by Crippen LogP contribution is -2.04. The quantitative estimate of drug-likeness (QED) is 0.396. The molecule has 0 spiro atoms. The highest BCUT2D eigenvalue weighted by molar-refractivity contribution is 7.26. The summed E-state index contributed by atoms with van der Waals surface area (Å²) in [6.45, 7) is 2.08. The van der Waals surface area contributed by atoms with E-state index in [1.807, 2.05) is 36.4 Å². The number of aryl methyl sites for hydroxylation is 1. The number of alkyl halides is 3. The van der Waals surface area contributed by atoms with Gasteiger partial charge >= 0.3 is 6.18 Å². The first-order valence-electron chi connectivity index (χ1n) is 8.35. The Hall–Kier alpha value is -2.53. The van der Waals surface area contributed by atoms with Gasteiger partial charge in [0.1, 0.15) is 0 Å². The van der Waals surface area contributed by atoms with Crippen LogP contribution in [0.5, 0.6) is 0 Å². The van der Waals surface area contributed by atoms with Crippen molar-refractivity contribution in [2.45, 2.75) is 19.5 Å². The van der Waals surface area contributed by atoms with E-state index in [-0.39, 0.29) is 4.70 Å². The number of halogens is 3. The maximum absolute atomic E-state index is 13.4. The lowest BCUT2D eigenvalue weighted by molar-refractivity contribution is -0.136. The lowest BCUT2D eigenvalue weighted by Gasteiger charge is -2.11. The standard InChI is InChI=1S/C21H16F3NS/c1-2-13-7-3-4-11-17(13)25-18-12-6-9-15-14-8-5-10-16(21(22,23)24)19(14)26-20(15)18/h3-12,25H,2H2,1H3. The van der Waals surface area contributed by atoms with Crippen molar-refractivity contribution in [3.05, 3.63) is 71.8 Å². The van der Waals surface area contributed by atoms with Gasteiger partial charge in [-0.05, 0) is 30.2 Å². The highest BCUT2D eigenvalue weighted by Crippen LogP contribution is 2.44. The summed E-state index contributed by atoms with van der Waals surface area (Å²) in [5, 5.41) is 4.90. The molecule has 0 saturated heterocycles. The van der Waals surface area contributed by atoms with Gasteiger partial charge in [0, 0.05) is 21.2 Å². The second kappa shape index (κ2) is 6.32. The molecule has 1 N–H and O–H groups in total. The van der Waals surface area contributed by atoms with Crippen molar-refractivity contribution in [3.8, 4) is 0 Å². The molecule has 4 rings (SSSR count). The number of rotatable bonds is 3. The van der Waals surface area contributed by atoms with Gasteiger partial charge in [-0.3, -0.25) is 0 Å². The summed E-state index contributed by atoms with van der Waals surface area (Å²) in [5.41, 5.74) is 2.41. The molecule has 0 unspecified atom stereocenters. The van der Waals surface area contributed by atoms with Crippen molar-refractivity contribution in [2.75, 3.05) is 5.32 Å². The van der Waals surface area contributed by atoms with Crippen LogP contribution in [0.3, 0.4) is 0 Å². The van der Waals surface area contributed by atoms with E-state index in [1.165, 1.54) is 23.0 Å². The van der Waals surface area contributed by atoms with E-state index in [0.717, 1.165) is 33.9 Å². The molecule has 0 aliphatic carbocycles. The van der Waals surface area contributed by atoms with Gasteiger partial charge in [0.05, 0.1) is 16.0 Å². The highest BCUT2D eigenvalue weighted by atomic mass is 32.1. The molecule has 0 aliphatic rings. The van der Waals surface area contributed by atoms with Gasteiger partial charge < -0.3 is 5.32 Å². The van der Waals surface area contributed by atoms with Crippen LogP contribution >= 0.6 is 11.3 Å². The lowest BCUT2D eigenvalue weighted by atomic mass is 10.1. The molecule has 0 fully saturated rings. The average molecular weight is 371 g/mol. The molecule has 4 aromatic rings. The zero-order chi connectivity index (χ0) is 18.3. The van der Waals surface area contributed by atoms with Crippen molar-refractivity contribution in [1.82, 2.24) is 0 Å². The van der Waals surface area contributed by atoms with Gasteiger partial charge in [0.25, 0.3) is 0 Å². The van der Waals surface area contributed by atoms with E-state index in [9.17, 15) is 13.2 Å². The van der Waals surface area contributed by atoms with E-state index in [4.69, 9.17) is 0 Å².